The zero-order chi connectivity index (χ0) is 23.3. The fourth-order valence-electron chi connectivity index (χ4n) is 3.53. The molecule has 0 fully saturated rings. The number of benzene rings is 3. The lowest BCUT2D eigenvalue weighted by atomic mass is 10.2. The van der Waals surface area contributed by atoms with Crippen LogP contribution in [0.3, 0.4) is 0 Å². The first kappa shape index (κ1) is 21.8. The number of rotatable bonds is 8. The zero-order valence-electron chi connectivity index (χ0n) is 18.4. The molecule has 5 rings (SSSR count). The highest BCUT2D eigenvalue weighted by molar-refractivity contribution is 7.99. The van der Waals surface area contributed by atoms with Crippen molar-refractivity contribution in [3.8, 4) is 34.3 Å². The van der Waals surface area contributed by atoms with Gasteiger partial charge in [0, 0.05) is 17.8 Å². The number of aromatic nitrogens is 3. The van der Waals surface area contributed by atoms with E-state index in [1.807, 2.05) is 77.4 Å². The van der Waals surface area contributed by atoms with E-state index >= 15 is 0 Å². The van der Waals surface area contributed by atoms with Crippen LogP contribution in [0, 0.1) is 0 Å². The Kier molecular flexibility index (Phi) is 6.35. The third-order valence-corrected chi connectivity index (χ3v) is 6.18. The summed E-state index contributed by atoms with van der Waals surface area (Å²) in [5.74, 6) is 2.98. The molecular weight excluding hydrogens is 452 g/mol. The molecule has 3 aromatic carbocycles. The number of nitrogens with zero attached hydrogens (tertiary/aromatic N) is 3. The van der Waals surface area contributed by atoms with Crippen molar-refractivity contribution in [1.29, 1.82) is 0 Å². The van der Waals surface area contributed by atoms with Gasteiger partial charge in [0.2, 0.25) is 12.7 Å². The van der Waals surface area contributed by atoms with Gasteiger partial charge in [0.25, 0.3) is 0 Å². The topological polar surface area (TPSA) is 87.5 Å². The first-order valence-corrected chi connectivity index (χ1v) is 11.6. The van der Waals surface area contributed by atoms with Crippen LogP contribution in [0.25, 0.3) is 17.1 Å². The van der Waals surface area contributed by atoms with E-state index < -0.39 is 0 Å². The quantitative estimate of drug-likeness (QED) is 0.385. The Balaban J connectivity index is 1.30. The Hall–Kier alpha value is -3.98. The number of ether oxygens (including phenoxy) is 3. The summed E-state index contributed by atoms with van der Waals surface area (Å²) >= 11 is 1.34. The first-order chi connectivity index (χ1) is 16.7. The molecule has 8 nitrogen and oxygen atoms in total. The Labute approximate surface area is 200 Å². The van der Waals surface area contributed by atoms with E-state index in [1.165, 1.54) is 11.8 Å². The Morgan fingerprint density at radius 1 is 1.03 bits per heavy atom. The largest absolute Gasteiger partial charge is 0.497 e. The number of amides is 1. The number of thioether (sulfide) groups is 1. The highest BCUT2D eigenvalue weighted by Crippen LogP contribution is 2.32. The van der Waals surface area contributed by atoms with Gasteiger partial charge in [0.15, 0.2) is 22.5 Å². The minimum Gasteiger partial charge on any atom is -0.497 e. The molecule has 1 aromatic heterocycles. The molecule has 1 N–H and O–H groups in total. The normalized spacial score (nSPS) is 11.9. The highest BCUT2D eigenvalue weighted by Gasteiger charge is 2.18. The highest BCUT2D eigenvalue weighted by atomic mass is 32.2. The fourth-order valence-corrected chi connectivity index (χ4v) is 4.31. The number of nitrogens with one attached hydrogen (secondary N) is 1. The van der Waals surface area contributed by atoms with Crippen molar-refractivity contribution in [2.75, 3.05) is 19.7 Å². The molecule has 0 saturated carbocycles. The lowest BCUT2D eigenvalue weighted by Crippen LogP contribution is -2.24. The van der Waals surface area contributed by atoms with Crippen molar-refractivity contribution < 1.29 is 19.0 Å². The van der Waals surface area contributed by atoms with Gasteiger partial charge in [-0.1, -0.05) is 36.0 Å². The lowest BCUT2D eigenvalue weighted by Gasteiger charge is -2.11. The molecule has 2 heterocycles. The molecule has 4 aromatic rings. The number of methoxy groups -OCH3 is 1. The van der Waals surface area contributed by atoms with E-state index in [1.54, 1.807) is 7.11 Å². The van der Waals surface area contributed by atoms with Crippen LogP contribution in [0.4, 0.5) is 0 Å². The van der Waals surface area contributed by atoms with E-state index in [2.05, 4.69) is 15.5 Å². The minimum absolute atomic E-state index is 0.101. The summed E-state index contributed by atoms with van der Waals surface area (Å²) in [7, 11) is 1.63. The van der Waals surface area contributed by atoms with E-state index in [0.717, 1.165) is 28.3 Å². The summed E-state index contributed by atoms with van der Waals surface area (Å²) in [5.41, 5.74) is 2.76. The molecular formula is C25H22N4O4S. The summed E-state index contributed by atoms with van der Waals surface area (Å²) in [6.45, 7) is 0.626. The summed E-state index contributed by atoms with van der Waals surface area (Å²) in [4.78, 5) is 12.6. The molecule has 0 spiro atoms. The van der Waals surface area contributed by atoms with Crippen LogP contribution in [-0.4, -0.2) is 40.3 Å². The molecule has 9 heteroatoms. The van der Waals surface area contributed by atoms with Crippen molar-refractivity contribution in [3.05, 3.63) is 78.4 Å². The monoisotopic (exact) mass is 474 g/mol. The summed E-state index contributed by atoms with van der Waals surface area (Å²) in [6.07, 6.45) is 0. The van der Waals surface area contributed by atoms with Gasteiger partial charge in [-0.05, 0) is 54.1 Å². The van der Waals surface area contributed by atoms with Gasteiger partial charge in [-0.25, -0.2) is 0 Å². The van der Waals surface area contributed by atoms with Gasteiger partial charge >= 0.3 is 0 Å². The third-order valence-electron chi connectivity index (χ3n) is 5.25. The standard InChI is InChI=1S/C25H22N4O4S/c1-31-20-10-8-18(9-11-20)24-27-28-25(29(24)19-5-3-2-4-6-19)34-15-23(30)26-14-17-7-12-21-22(13-17)33-16-32-21/h2-13H,14-16H2,1H3,(H,26,30). The average Bonchev–Trinajstić information content (AvgIpc) is 3.53. The zero-order valence-corrected chi connectivity index (χ0v) is 19.2. The van der Waals surface area contributed by atoms with Gasteiger partial charge in [0.05, 0.1) is 12.9 Å². The lowest BCUT2D eigenvalue weighted by molar-refractivity contribution is -0.118. The van der Waals surface area contributed by atoms with Crippen molar-refractivity contribution in [2.45, 2.75) is 11.7 Å². The second kappa shape index (κ2) is 9.88. The van der Waals surface area contributed by atoms with Crippen molar-refractivity contribution in [2.24, 2.45) is 0 Å². The van der Waals surface area contributed by atoms with Crippen LogP contribution in [0.15, 0.2) is 78.0 Å². The number of hydrogen-bond donors (Lipinski definition) is 1. The Bertz CT molecular complexity index is 1290. The molecule has 0 aliphatic carbocycles. The molecule has 1 aliphatic rings. The molecule has 0 atom stereocenters. The van der Waals surface area contributed by atoms with Crippen LogP contribution in [-0.2, 0) is 11.3 Å². The van der Waals surface area contributed by atoms with Gasteiger partial charge in [0.1, 0.15) is 5.75 Å². The van der Waals surface area contributed by atoms with Gasteiger partial charge in [-0.3, -0.25) is 9.36 Å². The number of fused-ring (bicyclic) bond motifs is 1. The Morgan fingerprint density at radius 2 is 1.82 bits per heavy atom. The first-order valence-electron chi connectivity index (χ1n) is 10.6. The number of carbonyl (C=O) groups is 1. The second-order valence-corrected chi connectivity index (χ2v) is 8.40. The molecule has 1 amide bonds. The van der Waals surface area contributed by atoms with Crippen molar-refractivity contribution in [1.82, 2.24) is 20.1 Å². The van der Waals surface area contributed by atoms with Gasteiger partial charge < -0.3 is 19.5 Å². The van der Waals surface area contributed by atoms with Crippen molar-refractivity contribution in [3.63, 3.8) is 0 Å². The third kappa shape index (κ3) is 4.69. The summed E-state index contributed by atoms with van der Waals surface area (Å²) in [6, 6.07) is 23.1. The maximum absolute atomic E-state index is 12.6. The molecule has 0 saturated heterocycles. The van der Waals surface area contributed by atoms with E-state index in [4.69, 9.17) is 14.2 Å². The predicted molar refractivity (Wildman–Crippen MR) is 128 cm³/mol. The molecule has 0 bridgehead atoms. The van der Waals surface area contributed by atoms with Crippen LogP contribution < -0.4 is 19.5 Å². The van der Waals surface area contributed by atoms with Crippen LogP contribution in [0.1, 0.15) is 5.56 Å². The smallest absolute Gasteiger partial charge is 0.231 e. The summed E-state index contributed by atoms with van der Waals surface area (Å²) in [5, 5.41) is 12.4. The maximum Gasteiger partial charge on any atom is 0.231 e. The molecule has 1 aliphatic heterocycles. The van der Waals surface area contributed by atoms with Crippen LogP contribution in [0.2, 0.25) is 0 Å². The molecule has 0 radical (unpaired) electrons. The van der Waals surface area contributed by atoms with Gasteiger partial charge in [-0.15, -0.1) is 10.2 Å². The summed E-state index contributed by atoms with van der Waals surface area (Å²) < 4.78 is 17.9. The average molecular weight is 475 g/mol. The minimum atomic E-state index is -0.101. The van der Waals surface area contributed by atoms with Crippen LogP contribution >= 0.6 is 11.8 Å². The van der Waals surface area contributed by atoms with E-state index in [0.29, 0.717) is 23.3 Å². The predicted octanol–water partition coefficient (Wildman–Crippen LogP) is 4.08. The SMILES string of the molecule is COc1ccc(-c2nnc(SCC(=O)NCc3ccc4c(c3)OCO4)n2-c2ccccc2)cc1. The Morgan fingerprint density at radius 3 is 2.62 bits per heavy atom. The molecule has 172 valence electrons. The van der Waals surface area contributed by atoms with Crippen molar-refractivity contribution >= 4 is 17.7 Å². The van der Waals surface area contributed by atoms with Crippen LogP contribution in [0.5, 0.6) is 17.2 Å². The molecule has 34 heavy (non-hydrogen) atoms. The molecule has 0 unspecified atom stereocenters. The number of carbonyl (C=O) groups excluding carboxylic acids is 1. The second-order valence-electron chi connectivity index (χ2n) is 7.46. The number of para-hydroxylation sites is 1. The van der Waals surface area contributed by atoms with E-state index in [-0.39, 0.29) is 18.5 Å². The van der Waals surface area contributed by atoms with E-state index in [9.17, 15) is 4.79 Å². The number of hydrogen-bond acceptors (Lipinski definition) is 7. The van der Waals surface area contributed by atoms with Gasteiger partial charge in [-0.2, -0.15) is 0 Å². The fraction of sp³-hybridized carbons (Fsp3) is 0.160. The maximum atomic E-state index is 12.6.